The van der Waals surface area contributed by atoms with Crippen molar-refractivity contribution in [2.45, 2.75) is 13.0 Å². The van der Waals surface area contributed by atoms with Gasteiger partial charge in [0.2, 0.25) is 0 Å². The molecule has 1 aromatic heterocycles. The first-order valence-corrected chi connectivity index (χ1v) is 7.25. The molecule has 7 heteroatoms. The maximum absolute atomic E-state index is 11.6. The summed E-state index contributed by atoms with van der Waals surface area (Å²) < 4.78 is 0. The van der Waals surface area contributed by atoms with E-state index in [0.717, 1.165) is 4.88 Å². The Kier molecular flexibility index (Phi) is 5.28. The number of carboxylic acid groups (broad SMARTS) is 1. The van der Waals surface area contributed by atoms with E-state index in [1.807, 2.05) is 0 Å². The van der Waals surface area contributed by atoms with E-state index in [2.05, 4.69) is 15.6 Å². The summed E-state index contributed by atoms with van der Waals surface area (Å²) in [5.41, 5.74) is 2.68. The van der Waals surface area contributed by atoms with Crippen molar-refractivity contribution in [2.24, 2.45) is 0 Å². The molecule has 110 valence electrons. The van der Waals surface area contributed by atoms with E-state index in [1.54, 1.807) is 36.0 Å². The molecule has 3 N–H and O–H groups in total. The van der Waals surface area contributed by atoms with Gasteiger partial charge in [-0.1, -0.05) is 18.2 Å². The Morgan fingerprint density at radius 3 is 2.76 bits per heavy atom. The zero-order chi connectivity index (χ0) is 15.1. The number of aromatic nitrogens is 1. The molecule has 0 unspecified atom stereocenters. The van der Waals surface area contributed by atoms with Crippen molar-refractivity contribution >= 4 is 23.3 Å². The summed E-state index contributed by atoms with van der Waals surface area (Å²) in [4.78, 5) is 27.5. The largest absolute Gasteiger partial charge is 0.478 e. The molecule has 21 heavy (non-hydrogen) atoms. The highest BCUT2D eigenvalue weighted by Gasteiger charge is 2.09. The van der Waals surface area contributed by atoms with Crippen LogP contribution in [-0.2, 0) is 13.0 Å². The summed E-state index contributed by atoms with van der Waals surface area (Å²) in [6, 6.07) is 6.49. The zero-order valence-corrected chi connectivity index (χ0v) is 12.0. The second kappa shape index (κ2) is 7.39. The summed E-state index contributed by atoms with van der Waals surface area (Å²) in [5, 5.41) is 14.5. The Morgan fingerprint density at radius 1 is 1.24 bits per heavy atom. The van der Waals surface area contributed by atoms with Gasteiger partial charge < -0.3 is 15.7 Å². The Balaban J connectivity index is 1.76. The van der Waals surface area contributed by atoms with Gasteiger partial charge in [-0.25, -0.2) is 9.59 Å². The third kappa shape index (κ3) is 4.57. The van der Waals surface area contributed by atoms with Crippen molar-refractivity contribution < 1.29 is 14.7 Å². The fourth-order valence-corrected chi connectivity index (χ4v) is 2.35. The monoisotopic (exact) mass is 305 g/mol. The number of nitrogens with one attached hydrogen (secondary N) is 2. The number of amides is 2. The normalized spacial score (nSPS) is 10.1. The van der Waals surface area contributed by atoms with Crippen LogP contribution >= 0.6 is 11.3 Å². The van der Waals surface area contributed by atoms with Crippen LogP contribution in [0.5, 0.6) is 0 Å². The number of hydrogen-bond acceptors (Lipinski definition) is 4. The Bertz CT molecular complexity index is 614. The number of carboxylic acids is 1. The molecule has 0 bridgehead atoms. The predicted molar refractivity (Wildman–Crippen MR) is 79.5 cm³/mol. The molecule has 6 nitrogen and oxygen atoms in total. The first-order valence-electron chi connectivity index (χ1n) is 6.37. The minimum Gasteiger partial charge on any atom is -0.478 e. The van der Waals surface area contributed by atoms with Gasteiger partial charge in [-0.15, -0.1) is 11.3 Å². The Labute approximate surface area is 125 Å². The molecule has 0 saturated heterocycles. The van der Waals surface area contributed by atoms with Crippen LogP contribution in [0.4, 0.5) is 4.79 Å². The molecule has 0 aliphatic carbocycles. The van der Waals surface area contributed by atoms with Crippen LogP contribution in [0.25, 0.3) is 0 Å². The van der Waals surface area contributed by atoms with Crippen molar-refractivity contribution in [1.29, 1.82) is 0 Å². The summed E-state index contributed by atoms with van der Waals surface area (Å²) in [5.74, 6) is -0.958. The van der Waals surface area contributed by atoms with Gasteiger partial charge in [0.1, 0.15) is 0 Å². The number of benzene rings is 1. The molecule has 2 aromatic rings. The van der Waals surface area contributed by atoms with Gasteiger partial charge in [-0.3, -0.25) is 4.98 Å². The molecule has 0 radical (unpaired) electrons. The highest BCUT2D eigenvalue weighted by atomic mass is 32.1. The summed E-state index contributed by atoms with van der Waals surface area (Å²) in [6.45, 7) is 0.807. The quantitative estimate of drug-likeness (QED) is 0.760. The van der Waals surface area contributed by atoms with Crippen LogP contribution in [0.15, 0.2) is 36.0 Å². The molecule has 1 heterocycles. The average molecular weight is 305 g/mol. The van der Waals surface area contributed by atoms with E-state index in [0.29, 0.717) is 25.1 Å². The van der Waals surface area contributed by atoms with Crippen molar-refractivity contribution in [2.75, 3.05) is 6.54 Å². The van der Waals surface area contributed by atoms with Crippen LogP contribution in [0.1, 0.15) is 20.8 Å². The molecular weight excluding hydrogens is 290 g/mol. The SMILES string of the molecule is O=C(NCCc1ccccc1C(=O)O)NCc1cncs1. The highest BCUT2D eigenvalue weighted by Crippen LogP contribution is 2.09. The lowest BCUT2D eigenvalue weighted by Crippen LogP contribution is -2.36. The molecule has 0 fully saturated rings. The minimum atomic E-state index is -0.958. The number of urea groups is 1. The lowest BCUT2D eigenvalue weighted by molar-refractivity contribution is 0.0695. The number of nitrogens with zero attached hydrogens (tertiary/aromatic N) is 1. The Morgan fingerprint density at radius 2 is 2.05 bits per heavy atom. The number of aromatic carboxylic acids is 1. The van der Waals surface area contributed by atoms with E-state index in [-0.39, 0.29) is 11.6 Å². The van der Waals surface area contributed by atoms with Crippen molar-refractivity contribution in [3.63, 3.8) is 0 Å². The standard InChI is InChI=1S/C14H15N3O3S/c18-13(19)12-4-2-1-3-10(12)5-6-16-14(20)17-8-11-7-15-9-21-11/h1-4,7,9H,5-6,8H2,(H,18,19)(H2,16,17,20). The first kappa shape index (κ1) is 15.0. The second-order valence-electron chi connectivity index (χ2n) is 4.29. The summed E-state index contributed by atoms with van der Waals surface area (Å²) >= 11 is 1.47. The van der Waals surface area contributed by atoms with Gasteiger partial charge in [-0.05, 0) is 18.1 Å². The smallest absolute Gasteiger partial charge is 0.335 e. The molecule has 0 spiro atoms. The van der Waals surface area contributed by atoms with Gasteiger partial charge in [0.15, 0.2) is 0 Å². The zero-order valence-electron chi connectivity index (χ0n) is 11.2. The third-order valence-electron chi connectivity index (χ3n) is 2.83. The number of rotatable bonds is 6. The molecule has 0 aliphatic rings. The van der Waals surface area contributed by atoms with Crippen LogP contribution in [-0.4, -0.2) is 28.6 Å². The third-order valence-corrected chi connectivity index (χ3v) is 3.61. The van der Waals surface area contributed by atoms with Gasteiger partial charge in [0.25, 0.3) is 0 Å². The van der Waals surface area contributed by atoms with E-state index in [9.17, 15) is 9.59 Å². The van der Waals surface area contributed by atoms with Crippen molar-refractivity contribution in [3.05, 3.63) is 52.0 Å². The van der Waals surface area contributed by atoms with Gasteiger partial charge in [-0.2, -0.15) is 0 Å². The van der Waals surface area contributed by atoms with Crippen LogP contribution in [0.2, 0.25) is 0 Å². The van der Waals surface area contributed by atoms with Crippen LogP contribution < -0.4 is 10.6 Å². The van der Waals surface area contributed by atoms with Crippen LogP contribution in [0, 0.1) is 0 Å². The number of carbonyl (C=O) groups is 2. The molecule has 2 amide bonds. The maximum Gasteiger partial charge on any atom is 0.335 e. The van der Waals surface area contributed by atoms with Gasteiger partial charge in [0.05, 0.1) is 17.6 Å². The molecule has 0 saturated carbocycles. The Hall–Kier alpha value is -2.41. The number of thiazole rings is 1. The second-order valence-corrected chi connectivity index (χ2v) is 5.26. The number of hydrogen-bond donors (Lipinski definition) is 3. The molecule has 2 rings (SSSR count). The fourth-order valence-electron chi connectivity index (χ4n) is 1.82. The van der Waals surface area contributed by atoms with Gasteiger partial charge >= 0.3 is 12.0 Å². The topological polar surface area (TPSA) is 91.3 Å². The average Bonchev–Trinajstić information content (AvgIpc) is 2.99. The van der Waals surface area contributed by atoms with E-state index in [1.165, 1.54) is 11.3 Å². The fraction of sp³-hybridized carbons (Fsp3) is 0.214. The first-order chi connectivity index (χ1) is 10.2. The van der Waals surface area contributed by atoms with Crippen molar-refractivity contribution in [3.8, 4) is 0 Å². The number of carbonyl (C=O) groups excluding carboxylic acids is 1. The van der Waals surface area contributed by atoms with Crippen LogP contribution in [0.3, 0.4) is 0 Å². The minimum absolute atomic E-state index is 0.268. The van der Waals surface area contributed by atoms with Crippen molar-refractivity contribution in [1.82, 2.24) is 15.6 Å². The lowest BCUT2D eigenvalue weighted by atomic mass is 10.0. The molecular formula is C14H15N3O3S. The summed E-state index contributed by atoms with van der Waals surface area (Å²) in [6.07, 6.45) is 2.17. The van der Waals surface area contributed by atoms with E-state index in [4.69, 9.17) is 5.11 Å². The molecule has 0 aliphatic heterocycles. The van der Waals surface area contributed by atoms with E-state index < -0.39 is 5.97 Å². The molecule has 0 atom stereocenters. The van der Waals surface area contributed by atoms with E-state index >= 15 is 0 Å². The molecule has 1 aromatic carbocycles. The summed E-state index contributed by atoms with van der Waals surface area (Å²) in [7, 11) is 0. The lowest BCUT2D eigenvalue weighted by Gasteiger charge is -2.08. The van der Waals surface area contributed by atoms with Gasteiger partial charge in [0, 0.05) is 17.6 Å². The predicted octanol–water partition coefficient (Wildman–Crippen LogP) is 1.88. The maximum atomic E-state index is 11.6. The highest BCUT2D eigenvalue weighted by molar-refractivity contribution is 7.09.